The van der Waals surface area contributed by atoms with Crippen LogP contribution in [0.2, 0.25) is 0 Å². The van der Waals surface area contributed by atoms with Crippen molar-refractivity contribution in [3.8, 4) is 0 Å². The fraction of sp³-hybridized carbons (Fsp3) is 0.200. The smallest absolute Gasteiger partial charge is 0.0782 e. The van der Waals surface area contributed by atoms with Crippen LogP contribution in [0.4, 0.5) is 0 Å². The highest BCUT2D eigenvalue weighted by atomic mass is 16.3. The SMILES string of the molecule is O=NN1[C@@H](c2ccccc2)C[C@H]1c1ccccc1. The molecule has 2 aromatic carbocycles. The summed E-state index contributed by atoms with van der Waals surface area (Å²) in [6.07, 6.45) is 0.944. The minimum absolute atomic E-state index is 0.119. The van der Waals surface area contributed by atoms with E-state index in [1.165, 1.54) is 0 Å². The van der Waals surface area contributed by atoms with Crippen LogP contribution in [0.5, 0.6) is 0 Å². The summed E-state index contributed by atoms with van der Waals surface area (Å²) in [5.74, 6) is 0. The summed E-state index contributed by atoms with van der Waals surface area (Å²) in [7, 11) is 0. The molecule has 0 saturated carbocycles. The van der Waals surface area contributed by atoms with Gasteiger partial charge in [0.25, 0.3) is 0 Å². The zero-order valence-electron chi connectivity index (χ0n) is 9.94. The zero-order chi connectivity index (χ0) is 12.4. The van der Waals surface area contributed by atoms with E-state index in [2.05, 4.69) is 5.29 Å². The number of nitrogens with zero attached hydrogens (tertiary/aromatic N) is 2. The molecule has 0 spiro atoms. The lowest BCUT2D eigenvalue weighted by Gasteiger charge is -2.44. The number of benzene rings is 2. The molecule has 0 bridgehead atoms. The van der Waals surface area contributed by atoms with E-state index in [0.717, 1.165) is 17.5 Å². The summed E-state index contributed by atoms with van der Waals surface area (Å²) in [6.45, 7) is 0. The fourth-order valence-corrected chi connectivity index (χ4v) is 2.55. The molecule has 1 heterocycles. The highest BCUT2D eigenvalue weighted by Gasteiger charge is 2.40. The van der Waals surface area contributed by atoms with Crippen molar-refractivity contribution >= 4 is 0 Å². The quantitative estimate of drug-likeness (QED) is 0.761. The van der Waals surface area contributed by atoms with Crippen molar-refractivity contribution in [3.05, 3.63) is 76.7 Å². The molecule has 1 saturated heterocycles. The van der Waals surface area contributed by atoms with Crippen LogP contribution in [-0.4, -0.2) is 5.01 Å². The van der Waals surface area contributed by atoms with Gasteiger partial charge in [-0.1, -0.05) is 60.7 Å². The van der Waals surface area contributed by atoms with Crippen molar-refractivity contribution in [2.45, 2.75) is 18.5 Å². The summed E-state index contributed by atoms with van der Waals surface area (Å²) < 4.78 is 0. The third kappa shape index (κ3) is 1.78. The average molecular weight is 238 g/mol. The van der Waals surface area contributed by atoms with Gasteiger partial charge in [0, 0.05) is 0 Å². The minimum atomic E-state index is 0.119. The summed E-state index contributed by atoms with van der Waals surface area (Å²) in [5, 5.41) is 4.85. The second-order valence-corrected chi connectivity index (χ2v) is 4.55. The maximum Gasteiger partial charge on any atom is 0.0782 e. The Hall–Kier alpha value is -2.16. The molecule has 1 aliphatic rings. The van der Waals surface area contributed by atoms with Gasteiger partial charge in [0.05, 0.1) is 17.4 Å². The Kier molecular flexibility index (Phi) is 2.81. The molecule has 3 rings (SSSR count). The van der Waals surface area contributed by atoms with Crippen LogP contribution < -0.4 is 0 Å². The van der Waals surface area contributed by atoms with Gasteiger partial charge >= 0.3 is 0 Å². The summed E-state index contributed by atoms with van der Waals surface area (Å²) in [6, 6.07) is 20.4. The van der Waals surface area contributed by atoms with E-state index < -0.39 is 0 Å². The Morgan fingerprint density at radius 2 is 1.28 bits per heavy atom. The third-order valence-corrected chi connectivity index (χ3v) is 3.55. The van der Waals surface area contributed by atoms with Crippen molar-refractivity contribution in [1.29, 1.82) is 0 Å². The lowest BCUT2D eigenvalue weighted by Crippen LogP contribution is -2.39. The summed E-state index contributed by atoms with van der Waals surface area (Å²) in [4.78, 5) is 11.0. The standard InChI is InChI=1S/C15H14N2O/c18-16-17-14(12-7-3-1-4-8-12)11-15(17)13-9-5-2-6-10-13/h1-10,14-15H,11H2/t14-,15+. The topological polar surface area (TPSA) is 32.7 Å². The first-order valence-corrected chi connectivity index (χ1v) is 6.11. The Labute approximate surface area is 106 Å². The molecule has 0 amide bonds. The maximum atomic E-state index is 11.0. The van der Waals surface area contributed by atoms with Gasteiger partial charge in [0.1, 0.15) is 0 Å². The van der Waals surface area contributed by atoms with Gasteiger partial charge in [0.15, 0.2) is 0 Å². The second kappa shape index (κ2) is 4.61. The molecule has 18 heavy (non-hydrogen) atoms. The predicted molar refractivity (Wildman–Crippen MR) is 70.6 cm³/mol. The van der Waals surface area contributed by atoms with Crippen LogP contribution in [0, 0.1) is 4.91 Å². The fourth-order valence-electron chi connectivity index (χ4n) is 2.55. The lowest BCUT2D eigenvalue weighted by molar-refractivity contribution is 0.0126. The van der Waals surface area contributed by atoms with Crippen LogP contribution in [0.1, 0.15) is 29.6 Å². The Morgan fingerprint density at radius 1 is 0.833 bits per heavy atom. The van der Waals surface area contributed by atoms with Gasteiger partial charge in [-0.25, -0.2) is 5.01 Å². The Balaban J connectivity index is 1.82. The highest BCUT2D eigenvalue weighted by Crippen LogP contribution is 2.47. The van der Waals surface area contributed by atoms with Crippen molar-refractivity contribution in [2.75, 3.05) is 0 Å². The first-order chi connectivity index (χ1) is 8.90. The van der Waals surface area contributed by atoms with Crippen LogP contribution in [0.25, 0.3) is 0 Å². The van der Waals surface area contributed by atoms with E-state index in [1.807, 2.05) is 60.7 Å². The van der Waals surface area contributed by atoms with E-state index in [0.29, 0.717) is 0 Å². The van der Waals surface area contributed by atoms with Crippen LogP contribution in [0.3, 0.4) is 0 Å². The first-order valence-electron chi connectivity index (χ1n) is 6.11. The highest BCUT2D eigenvalue weighted by molar-refractivity contribution is 5.27. The Bertz CT molecular complexity index is 481. The molecule has 2 atom stereocenters. The van der Waals surface area contributed by atoms with E-state index in [1.54, 1.807) is 5.01 Å². The third-order valence-electron chi connectivity index (χ3n) is 3.55. The van der Waals surface area contributed by atoms with Gasteiger partial charge in [-0.2, -0.15) is 0 Å². The molecular weight excluding hydrogens is 224 g/mol. The number of hydrogen-bond donors (Lipinski definition) is 0. The molecule has 0 N–H and O–H groups in total. The molecule has 3 heteroatoms. The van der Waals surface area contributed by atoms with E-state index >= 15 is 0 Å². The van der Waals surface area contributed by atoms with Crippen molar-refractivity contribution in [2.24, 2.45) is 5.29 Å². The largest absolute Gasteiger partial charge is 0.246 e. The van der Waals surface area contributed by atoms with Gasteiger partial charge in [-0.05, 0) is 17.5 Å². The van der Waals surface area contributed by atoms with Crippen molar-refractivity contribution < 1.29 is 0 Å². The van der Waals surface area contributed by atoms with Gasteiger partial charge < -0.3 is 0 Å². The van der Waals surface area contributed by atoms with Crippen LogP contribution >= 0.6 is 0 Å². The molecular formula is C15H14N2O. The molecule has 0 radical (unpaired) electrons. The number of hydrogen-bond acceptors (Lipinski definition) is 2. The van der Waals surface area contributed by atoms with Gasteiger partial charge in [-0.3, -0.25) is 0 Å². The number of rotatable bonds is 3. The summed E-state index contributed by atoms with van der Waals surface area (Å²) >= 11 is 0. The molecule has 1 aliphatic heterocycles. The summed E-state index contributed by atoms with van der Waals surface area (Å²) in [5.41, 5.74) is 2.31. The molecule has 2 aromatic rings. The molecule has 90 valence electrons. The van der Waals surface area contributed by atoms with E-state index in [-0.39, 0.29) is 12.1 Å². The first kappa shape index (κ1) is 11.0. The Morgan fingerprint density at radius 3 is 1.67 bits per heavy atom. The van der Waals surface area contributed by atoms with Gasteiger partial charge in [-0.15, -0.1) is 4.91 Å². The molecule has 0 unspecified atom stereocenters. The lowest BCUT2D eigenvalue weighted by atomic mass is 9.85. The number of nitroso groups, excluding NO2 is 1. The zero-order valence-corrected chi connectivity index (χ0v) is 9.94. The molecule has 3 nitrogen and oxygen atoms in total. The van der Waals surface area contributed by atoms with Crippen molar-refractivity contribution in [3.63, 3.8) is 0 Å². The maximum absolute atomic E-state index is 11.0. The molecule has 1 fully saturated rings. The van der Waals surface area contributed by atoms with Crippen molar-refractivity contribution in [1.82, 2.24) is 5.01 Å². The van der Waals surface area contributed by atoms with Crippen LogP contribution in [-0.2, 0) is 0 Å². The second-order valence-electron chi connectivity index (χ2n) is 4.55. The van der Waals surface area contributed by atoms with Gasteiger partial charge in [0.2, 0.25) is 0 Å². The normalized spacial score (nSPS) is 22.3. The predicted octanol–water partition coefficient (Wildman–Crippen LogP) is 3.86. The minimum Gasteiger partial charge on any atom is -0.246 e. The van der Waals surface area contributed by atoms with E-state index in [4.69, 9.17) is 0 Å². The molecule has 0 aromatic heterocycles. The van der Waals surface area contributed by atoms with E-state index in [9.17, 15) is 4.91 Å². The average Bonchev–Trinajstić information content (AvgIpc) is 2.41. The molecule has 0 aliphatic carbocycles. The monoisotopic (exact) mass is 238 g/mol. The van der Waals surface area contributed by atoms with Crippen LogP contribution in [0.15, 0.2) is 65.9 Å².